The molecule has 6 heteroatoms. The lowest BCUT2D eigenvalue weighted by atomic mass is 10.1. The highest BCUT2D eigenvalue weighted by Gasteiger charge is 2.15. The smallest absolute Gasteiger partial charge is 0.294 e. The number of fused-ring (bicyclic) bond motifs is 3. The van der Waals surface area contributed by atoms with Gasteiger partial charge in [0.2, 0.25) is 5.58 Å². The predicted octanol–water partition coefficient (Wildman–Crippen LogP) is 3.48. The molecule has 0 bridgehead atoms. The van der Waals surface area contributed by atoms with E-state index in [1.165, 1.54) is 0 Å². The molecular formula is C12H8BrClN2O2. The Kier molecular flexibility index (Phi) is 2.68. The number of hydrogen-bond donors (Lipinski definition) is 1. The average Bonchev–Trinajstić information content (AvgIpc) is 2.69. The Morgan fingerprint density at radius 3 is 2.94 bits per heavy atom. The van der Waals surface area contributed by atoms with E-state index >= 15 is 0 Å². The second-order valence-electron chi connectivity index (χ2n) is 4.03. The van der Waals surface area contributed by atoms with Crippen molar-refractivity contribution in [2.45, 2.75) is 12.8 Å². The number of H-pyrrole nitrogens is 1. The Bertz CT molecular complexity index is 822. The van der Waals surface area contributed by atoms with Crippen LogP contribution in [0.4, 0.5) is 0 Å². The number of aryl methyl sites for hydroxylation is 1. The maximum atomic E-state index is 11.9. The van der Waals surface area contributed by atoms with Crippen molar-refractivity contribution in [1.29, 1.82) is 0 Å². The second kappa shape index (κ2) is 4.10. The number of aromatic amines is 1. The minimum Gasteiger partial charge on any atom is -0.448 e. The van der Waals surface area contributed by atoms with E-state index in [-0.39, 0.29) is 17.0 Å². The average molecular weight is 328 g/mol. The first kappa shape index (κ1) is 11.7. The summed E-state index contributed by atoms with van der Waals surface area (Å²) >= 11 is 9.13. The van der Waals surface area contributed by atoms with Gasteiger partial charge >= 0.3 is 0 Å². The van der Waals surface area contributed by atoms with Gasteiger partial charge in [0.25, 0.3) is 5.56 Å². The SMILES string of the molecule is Cc1cc(Br)cc2c1oc1c(=O)[nH]c(CCl)nc12. The molecule has 3 rings (SSSR count). The number of hydrogen-bond acceptors (Lipinski definition) is 3. The summed E-state index contributed by atoms with van der Waals surface area (Å²) < 4.78 is 6.52. The first-order valence-electron chi connectivity index (χ1n) is 5.27. The Morgan fingerprint density at radius 2 is 2.22 bits per heavy atom. The van der Waals surface area contributed by atoms with Gasteiger partial charge < -0.3 is 9.40 Å². The molecule has 0 fully saturated rings. The highest BCUT2D eigenvalue weighted by atomic mass is 79.9. The normalized spacial score (nSPS) is 11.5. The molecule has 2 heterocycles. The fraction of sp³-hybridized carbons (Fsp3) is 0.167. The van der Waals surface area contributed by atoms with Gasteiger partial charge in [-0.25, -0.2) is 4.98 Å². The zero-order valence-corrected chi connectivity index (χ0v) is 11.7. The third-order valence-corrected chi connectivity index (χ3v) is 3.46. The highest BCUT2D eigenvalue weighted by molar-refractivity contribution is 9.10. The Morgan fingerprint density at radius 1 is 1.44 bits per heavy atom. The molecule has 0 aliphatic rings. The van der Waals surface area contributed by atoms with E-state index in [2.05, 4.69) is 25.9 Å². The molecule has 0 saturated carbocycles. The van der Waals surface area contributed by atoms with Crippen LogP contribution in [0.5, 0.6) is 0 Å². The standard InChI is InChI=1S/C12H8BrClN2O2/c1-5-2-6(13)3-7-9-11(18-10(5)7)12(17)16-8(4-14)15-9/h2-3H,4H2,1H3,(H,15,16,17). The van der Waals surface area contributed by atoms with Crippen molar-refractivity contribution in [3.05, 3.63) is 38.3 Å². The van der Waals surface area contributed by atoms with Gasteiger partial charge in [-0.05, 0) is 24.6 Å². The highest BCUT2D eigenvalue weighted by Crippen LogP contribution is 2.30. The molecule has 0 spiro atoms. The number of alkyl halides is 1. The van der Waals surface area contributed by atoms with Gasteiger partial charge in [0, 0.05) is 9.86 Å². The van der Waals surface area contributed by atoms with E-state index in [4.69, 9.17) is 16.0 Å². The van der Waals surface area contributed by atoms with Crippen LogP contribution in [0, 0.1) is 6.92 Å². The summed E-state index contributed by atoms with van der Waals surface area (Å²) in [6.45, 7) is 1.92. The molecule has 0 unspecified atom stereocenters. The summed E-state index contributed by atoms with van der Waals surface area (Å²) in [5.74, 6) is 0.597. The number of furan rings is 1. The Balaban J connectivity index is 2.57. The summed E-state index contributed by atoms with van der Waals surface area (Å²) in [7, 11) is 0. The van der Waals surface area contributed by atoms with Gasteiger partial charge in [-0.3, -0.25) is 4.79 Å². The molecule has 0 aliphatic heterocycles. The molecule has 0 aliphatic carbocycles. The van der Waals surface area contributed by atoms with Crippen LogP contribution in [0.25, 0.3) is 22.1 Å². The maximum absolute atomic E-state index is 11.9. The minimum absolute atomic E-state index is 0.158. The number of nitrogens with zero attached hydrogens (tertiary/aromatic N) is 1. The van der Waals surface area contributed by atoms with E-state index in [1.807, 2.05) is 19.1 Å². The molecule has 18 heavy (non-hydrogen) atoms. The molecule has 0 saturated heterocycles. The van der Waals surface area contributed by atoms with Gasteiger partial charge in [-0.1, -0.05) is 15.9 Å². The van der Waals surface area contributed by atoms with Crippen LogP contribution >= 0.6 is 27.5 Å². The van der Waals surface area contributed by atoms with Crippen LogP contribution in [0.2, 0.25) is 0 Å². The fourth-order valence-corrected chi connectivity index (χ4v) is 2.69. The molecule has 3 aromatic rings. The molecule has 0 amide bonds. The summed E-state index contributed by atoms with van der Waals surface area (Å²) in [4.78, 5) is 18.8. The van der Waals surface area contributed by atoms with Gasteiger partial charge in [-0.2, -0.15) is 0 Å². The number of halogens is 2. The van der Waals surface area contributed by atoms with E-state index in [0.717, 1.165) is 15.4 Å². The van der Waals surface area contributed by atoms with E-state index in [9.17, 15) is 4.79 Å². The third-order valence-electron chi connectivity index (χ3n) is 2.75. The topological polar surface area (TPSA) is 58.9 Å². The summed E-state index contributed by atoms with van der Waals surface area (Å²) in [5.41, 5.74) is 2.11. The summed E-state index contributed by atoms with van der Waals surface area (Å²) in [6, 6.07) is 3.82. The first-order valence-corrected chi connectivity index (χ1v) is 6.60. The largest absolute Gasteiger partial charge is 0.448 e. The summed E-state index contributed by atoms with van der Waals surface area (Å²) in [5, 5.41) is 0.814. The van der Waals surface area contributed by atoms with Crippen LogP contribution in [-0.2, 0) is 5.88 Å². The van der Waals surface area contributed by atoms with Gasteiger partial charge in [-0.15, -0.1) is 11.6 Å². The Labute approximate surface area is 115 Å². The van der Waals surface area contributed by atoms with Crippen LogP contribution < -0.4 is 5.56 Å². The molecule has 1 N–H and O–H groups in total. The molecular weight excluding hydrogens is 320 g/mol. The lowest BCUT2D eigenvalue weighted by Gasteiger charge is -1.96. The zero-order chi connectivity index (χ0) is 12.9. The first-order chi connectivity index (χ1) is 8.60. The van der Waals surface area contributed by atoms with E-state index in [0.29, 0.717) is 16.9 Å². The molecule has 0 radical (unpaired) electrons. The predicted molar refractivity (Wildman–Crippen MR) is 74.1 cm³/mol. The van der Waals surface area contributed by atoms with Crippen molar-refractivity contribution < 1.29 is 4.42 Å². The number of nitrogens with one attached hydrogen (secondary N) is 1. The van der Waals surface area contributed by atoms with Gasteiger partial charge in [0.15, 0.2) is 0 Å². The van der Waals surface area contributed by atoms with Gasteiger partial charge in [0.1, 0.15) is 16.9 Å². The van der Waals surface area contributed by atoms with Crippen molar-refractivity contribution >= 4 is 49.6 Å². The van der Waals surface area contributed by atoms with Crippen molar-refractivity contribution in [2.75, 3.05) is 0 Å². The molecule has 1 aromatic carbocycles. The van der Waals surface area contributed by atoms with Crippen molar-refractivity contribution in [3.8, 4) is 0 Å². The third kappa shape index (κ3) is 1.66. The number of benzene rings is 1. The monoisotopic (exact) mass is 326 g/mol. The van der Waals surface area contributed by atoms with Crippen molar-refractivity contribution in [3.63, 3.8) is 0 Å². The second-order valence-corrected chi connectivity index (χ2v) is 5.21. The van der Waals surface area contributed by atoms with E-state index < -0.39 is 0 Å². The molecule has 92 valence electrons. The van der Waals surface area contributed by atoms with Crippen LogP contribution in [0.3, 0.4) is 0 Å². The fourth-order valence-electron chi connectivity index (χ4n) is 1.99. The number of rotatable bonds is 1. The van der Waals surface area contributed by atoms with Gasteiger partial charge in [0.05, 0.1) is 5.88 Å². The van der Waals surface area contributed by atoms with Crippen LogP contribution in [0.1, 0.15) is 11.4 Å². The Hall–Kier alpha value is -1.33. The minimum atomic E-state index is -0.303. The van der Waals surface area contributed by atoms with Crippen molar-refractivity contribution in [1.82, 2.24) is 9.97 Å². The molecule has 4 nitrogen and oxygen atoms in total. The lowest BCUT2D eigenvalue weighted by Crippen LogP contribution is -2.09. The van der Waals surface area contributed by atoms with Crippen LogP contribution in [-0.4, -0.2) is 9.97 Å². The summed E-state index contributed by atoms with van der Waals surface area (Å²) in [6.07, 6.45) is 0. The number of aromatic nitrogens is 2. The molecule has 0 atom stereocenters. The van der Waals surface area contributed by atoms with Crippen molar-refractivity contribution in [2.24, 2.45) is 0 Å². The molecule has 2 aromatic heterocycles. The maximum Gasteiger partial charge on any atom is 0.294 e. The zero-order valence-electron chi connectivity index (χ0n) is 9.38. The quantitative estimate of drug-likeness (QED) is 0.696. The lowest BCUT2D eigenvalue weighted by molar-refractivity contribution is 0.657. The van der Waals surface area contributed by atoms with Crippen LogP contribution in [0.15, 0.2) is 25.8 Å². The van der Waals surface area contributed by atoms with E-state index in [1.54, 1.807) is 0 Å².